The lowest BCUT2D eigenvalue weighted by atomic mass is 10.1. The summed E-state index contributed by atoms with van der Waals surface area (Å²) in [5.41, 5.74) is 0.495. The summed E-state index contributed by atoms with van der Waals surface area (Å²) < 4.78 is 15.9. The maximum Gasteiger partial charge on any atom is 0.270 e. The van der Waals surface area contributed by atoms with Gasteiger partial charge in [-0.3, -0.25) is 14.9 Å². The second kappa shape index (κ2) is 8.59. The van der Waals surface area contributed by atoms with E-state index in [-0.39, 0.29) is 16.3 Å². The van der Waals surface area contributed by atoms with Crippen molar-refractivity contribution in [2.75, 3.05) is 21.3 Å². The van der Waals surface area contributed by atoms with Gasteiger partial charge in [0, 0.05) is 12.1 Å². The first-order valence-corrected chi connectivity index (χ1v) is 8.24. The number of carbonyl (C=O) groups is 1. The quantitative estimate of drug-likeness (QED) is 0.566. The number of rotatable bonds is 7. The second-order valence-corrected chi connectivity index (χ2v) is 5.98. The number of nitrogens with one attached hydrogen (secondary N) is 1. The Morgan fingerprint density at radius 1 is 1.11 bits per heavy atom. The van der Waals surface area contributed by atoms with Crippen LogP contribution in [-0.4, -0.2) is 32.2 Å². The minimum absolute atomic E-state index is 0.0187. The third-order valence-electron chi connectivity index (χ3n) is 3.94. The van der Waals surface area contributed by atoms with Crippen LogP contribution in [0.15, 0.2) is 30.3 Å². The fraction of sp³-hybridized carbons (Fsp3) is 0.278. The number of ether oxygens (including phenoxy) is 3. The molecule has 0 heterocycles. The largest absolute Gasteiger partial charge is 0.493 e. The highest BCUT2D eigenvalue weighted by molar-refractivity contribution is 6.33. The molecule has 0 aliphatic heterocycles. The standard InChI is InChI=1S/C18H19ClN2O6/c1-10(11-7-15(25-2)17(27-4)16(8-11)26-3)20-18(22)13-9-12(21(23)24)5-6-14(13)19/h5-10H,1-4H3,(H,20,22). The van der Waals surface area contributed by atoms with E-state index in [9.17, 15) is 14.9 Å². The number of halogens is 1. The smallest absolute Gasteiger partial charge is 0.270 e. The topological polar surface area (TPSA) is 99.9 Å². The number of hydrogen-bond acceptors (Lipinski definition) is 6. The maximum absolute atomic E-state index is 12.6. The first kappa shape index (κ1) is 20.3. The predicted molar refractivity (Wildman–Crippen MR) is 100 cm³/mol. The van der Waals surface area contributed by atoms with Gasteiger partial charge in [0.05, 0.1) is 42.9 Å². The van der Waals surface area contributed by atoms with E-state index in [2.05, 4.69) is 5.32 Å². The van der Waals surface area contributed by atoms with Crippen LogP contribution in [-0.2, 0) is 0 Å². The summed E-state index contributed by atoms with van der Waals surface area (Å²) in [6.07, 6.45) is 0. The van der Waals surface area contributed by atoms with E-state index in [0.717, 1.165) is 6.07 Å². The van der Waals surface area contributed by atoms with Gasteiger partial charge in [0.15, 0.2) is 11.5 Å². The van der Waals surface area contributed by atoms with E-state index in [1.807, 2.05) is 0 Å². The lowest BCUT2D eigenvalue weighted by Crippen LogP contribution is -2.27. The van der Waals surface area contributed by atoms with Crippen LogP contribution in [0.2, 0.25) is 5.02 Å². The molecule has 0 aliphatic rings. The van der Waals surface area contributed by atoms with Gasteiger partial charge in [0.2, 0.25) is 5.75 Å². The van der Waals surface area contributed by atoms with Crippen LogP contribution in [0, 0.1) is 10.1 Å². The summed E-state index contributed by atoms with van der Waals surface area (Å²) in [7, 11) is 4.48. The van der Waals surface area contributed by atoms with Crippen molar-refractivity contribution in [1.29, 1.82) is 0 Å². The van der Waals surface area contributed by atoms with Crippen molar-refractivity contribution in [2.45, 2.75) is 13.0 Å². The van der Waals surface area contributed by atoms with Crippen molar-refractivity contribution in [1.82, 2.24) is 5.32 Å². The molecular weight excluding hydrogens is 376 g/mol. The molecule has 1 amide bonds. The Morgan fingerprint density at radius 3 is 2.19 bits per heavy atom. The summed E-state index contributed by atoms with van der Waals surface area (Å²) in [5, 5.41) is 13.8. The molecule has 9 heteroatoms. The van der Waals surface area contributed by atoms with Gasteiger partial charge in [-0.25, -0.2) is 0 Å². The number of non-ortho nitro benzene ring substituents is 1. The van der Waals surface area contributed by atoms with E-state index in [1.165, 1.54) is 33.5 Å². The van der Waals surface area contributed by atoms with Crippen molar-refractivity contribution >= 4 is 23.2 Å². The van der Waals surface area contributed by atoms with E-state index < -0.39 is 16.9 Å². The molecule has 0 aliphatic carbocycles. The van der Waals surface area contributed by atoms with Gasteiger partial charge in [-0.15, -0.1) is 0 Å². The average Bonchev–Trinajstić information content (AvgIpc) is 2.66. The molecule has 2 rings (SSSR count). The SMILES string of the molecule is COc1cc(C(C)NC(=O)c2cc([N+](=O)[O-])ccc2Cl)cc(OC)c1OC. The predicted octanol–water partition coefficient (Wildman–Crippen LogP) is 3.77. The zero-order chi connectivity index (χ0) is 20.1. The molecule has 144 valence electrons. The highest BCUT2D eigenvalue weighted by atomic mass is 35.5. The Morgan fingerprint density at radius 2 is 1.70 bits per heavy atom. The molecule has 8 nitrogen and oxygen atoms in total. The minimum Gasteiger partial charge on any atom is -0.493 e. The number of hydrogen-bond donors (Lipinski definition) is 1. The summed E-state index contributed by atoms with van der Waals surface area (Å²) in [6.45, 7) is 1.75. The number of nitro groups is 1. The zero-order valence-corrected chi connectivity index (χ0v) is 16.0. The van der Waals surface area contributed by atoms with Gasteiger partial charge < -0.3 is 19.5 Å². The number of amides is 1. The van der Waals surface area contributed by atoms with E-state index in [1.54, 1.807) is 19.1 Å². The van der Waals surface area contributed by atoms with Crippen molar-refractivity contribution in [3.8, 4) is 17.2 Å². The third kappa shape index (κ3) is 4.40. The van der Waals surface area contributed by atoms with Crippen LogP contribution in [0.1, 0.15) is 28.9 Å². The first-order valence-electron chi connectivity index (χ1n) is 7.87. The number of carbonyl (C=O) groups excluding carboxylic acids is 1. The molecular formula is C18H19ClN2O6. The average molecular weight is 395 g/mol. The van der Waals surface area contributed by atoms with Gasteiger partial charge >= 0.3 is 0 Å². The van der Waals surface area contributed by atoms with Crippen molar-refractivity contribution in [3.63, 3.8) is 0 Å². The molecule has 0 bridgehead atoms. The molecule has 1 N–H and O–H groups in total. The molecule has 0 saturated carbocycles. The molecule has 27 heavy (non-hydrogen) atoms. The van der Waals surface area contributed by atoms with Crippen LogP contribution in [0.3, 0.4) is 0 Å². The van der Waals surface area contributed by atoms with E-state index in [0.29, 0.717) is 22.8 Å². The van der Waals surface area contributed by atoms with Crippen LogP contribution in [0.4, 0.5) is 5.69 Å². The Kier molecular flexibility index (Phi) is 6.46. The summed E-state index contributed by atoms with van der Waals surface area (Å²) in [6, 6.07) is 6.66. The molecule has 0 spiro atoms. The van der Waals surface area contributed by atoms with Gasteiger partial charge in [0.25, 0.3) is 11.6 Å². The minimum atomic E-state index is -0.588. The van der Waals surface area contributed by atoms with Crippen molar-refractivity contribution in [2.24, 2.45) is 0 Å². The van der Waals surface area contributed by atoms with Crippen LogP contribution < -0.4 is 19.5 Å². The van der Waals surface area contributed by atoms with Gasteiger partial charge in [-0.2, -0.15) is 0 Å². The second-order valence-electron chi connectivity index (χ2n) is 5.58. The monoisotopic (exact) mass is 394 g/mol. The highest BCUT2D eigenvalue weighted by Crippen LogP contribution is 2.39. The Bertz CT molecular complexity index is 846. The number of methoxy groups -OCH3 is 3. The van der Waals surface area contributed by atoms with Gasteiger partial charge in [0.1, 0.15) is 0 Å². The van der Waals surface area contributed by atoms with E-state index >= 15 is 0 Å². The normalized spacial score (nSPS) is 11.4. The molecule has 0 saturated heterocycles. The summed E-state index contributed by atoms with van der Waals surface area (Å²) in [4.78, 5) is 22.9. The molecule has 0 fully saturated rings. The Labute approximate surface area is 161 Å². The lowest BCUT2D eigenvalue weighted by Gasteiger charge is -2.19. The van der Waals surface area contributed by atoms with Crippen LogP contribution >= 0.6 is 11.6 Å². The lowest BCUT2D eigenvalue weighted by molar-refractivity contribution is -0.384. The molecule has 1 atom stereocenters. The van der Waals surface area contributed by atoms with Crippen molar-refractivity contribution in [3.05, 3.63) is 56.6 Å². The van der Waals surface area contributed by atoms with Crippen LogP contribution in [0.5, 0.6) is 17.2 Å². The molecule has 2 aromatic carbocycles. The molecule has 2 aromatic rings. The number of nitro benzene ring substituents is 1. The van der Waals surface area contributed by atoms with Gasteiger partial charge in [-0.05, 0) is 30.7 Å². The summed E-state index contributed by atoms with van der Waals surface area (Å²) in [5.74, 6) is 0.789. The maximum atomic E-state index is 12.6. The van der Waals surface area contributed by atoms with Crippen molar-refractivity contribution < 1.29 is 23.9 Å². The highest BCUT2D eigenvalue weighted by Gasteiger charge is 2.20. The number of nitrogens with zero attached hydrogens (tertiary/aromatic N) is 1. The summed E-state index contributed by atoms with van der Waals surface area (Å²) >= 11 is 6.02. The fourth-order valence-corrected chi connectivity index (χ4v) is 2.71. The first-order chi connectivity index (χ1) is 12.8. The number of benzene rings is 2. The molecule has 0 aromatic heterocycles. The molecule has 1 unspecified atom stereocenters. The Balaban J connectivity index is 2.32. The third-order valence-corrected chi connectivity index (χ3v) is 4.27. The molecule has 0 radical (unpaired) electrons. The van der Waals surface area contributed by atoms with Crippen LogP contribution in [0.25, 0.3) is 0 Å². The zero-order valence-electron chi connectivity index (χ0n) is 15.2. The van der Waals surface area contributed by atoms with Gasteiger partial charge in [-0.1, -0.05) is 11.6 Å². The Hall–Kier alpha value is -3.00. The fourth-order valence-electron chi connectivity index (χ4n) is 2.51. The van der Waals surface area contributed by atoms with E-state index in [4.69, 9.17) is 25.8 Å².